The molecule has 4 N–H and O–H groups in total. The maximum atomic E-state index is 11.7. The Bertz CT molecular complexity index is 552. The lowest BCUT2D eigenvalue weighted by Crippen LogP contribution is -2.46. The first-order chi connectivity index (χ1) is 9.94. The molecule has 0 heterocycles. The number of amides is 1. The zero-order chi connectivity index (χ0) is 15.5. The average Bonchev–Trinajstić information content (AvgIpc) is 2.65. The summed E-state index contributed by atoms with van der Waals surface area (Å²) < 4.78 is 0. The van der Waals surface area contributed by atoms with Gasteiger partial charge < -0.3 is 16.2 Å². The van der Waals surface area contributed by atoms with Gasteiger partial charge in [-0.3, -0.25) is 4.79 Å². The van der Waals surface area contributed by atoms with Crippen molar-refractivity contribution >= 4 is 29.2 Å². The van der Waals surface area contributed by atoms with Gasteiger partial charge in [-0.15, -0.1) is 0 Å². The van der Waals surface area contributed by atoms with Crippen molar-refractivity contribution in [3.05, 3.63) is 28.8 Å². The number of halogens is 1. The predicted octanol–water partition coefficient (Wildman–Crippen LogP) is 3.03. The van der Waals surface area contributed by atoms with E-state index in [1.807, 2.05) is 0 Å². The lowest BCUT2D eigenvalue weighted by atomic mass is 9.90. The summed E-state index contributed by atoms with van der Waals surface area (Å²) in [6.07, 6.45) is 5.03. The summed E-state index contributed by atoms with van der Waals surface area (Å²) >= 11 is 6.01. The lowest BCUT2D eigenvalue weighted by Gasteiger charge is -2.30. The van der Waals surface area contributed by atoms with Crippen LogP contribution in [0.3, 0.4) is 0 Å². The third-order valence-corrected chi connectivity index (χ3v) is 4.30. The number of carbonyl (C=O) groups is 2. The zero-order valence-corrected chi connectivity index (χ0v) is 12.4. The maximum absolute atomic E-state index is 11.7. The van der Waals surface area contributed by atoms with E-state index in [2.05, 4.69) is 5.32 Å². The van der Waals surface area contributed by atoms with Crippen LogP contribution in [0.25, 0.3) is 0 Å². The molecular weight excluding hydrogens is 292 g/mol. The summed E-state index contributed by atoms with van der Waals surface area (Å²) in [6.45, 7) is 0. The van der Waals surface area contributed by atoms with Gasteiger partial charge in [0.1, 0.15) is 5.54 Å². The van der Waals surface area contributed by atoms with Gasteiger partial charge in [0.15, 0.2) is 0 Å². The summed E-state index contributed by atoms with van der Waals surface area (Å²) in [5.41, 5.74) is 5.06. The predicted molar refractivity (Wildman–Crippen MR) is 81.7 cm³/mol. The fraction of sp³-hybridized carbons (Fsp3) is 0.467. The first-order valence-corrected chi connectivity index (χ1v) is 7.43. The van der Waals surface area contributed by atoms with Crippen LogP contribution >= 0.6 is 11.6 Å². The average molecular weight is 311 g/mol. The number of rotatable bonds is 4. The van der Waals surface area contributed by atoms with E-state index >= 15 is 0 Å². The van der Waals surface area contributed by atoms with Crippen molar-refractivity contribution < 1.29 is 14.7 Å². The monoisotopic (exact) mass is 310 g/mol. The fourth-order valence-corrected chi connectivity index (χ4v) is 3.07. The maximum Gasteiger partial charge on any atom is 0.329 e. The minimum atomic E-state index is -0.964. The molecule has 21 heavy (non-hydrogen) atoms. The van der Waals surface area contributed by atoms with Crippen LogP contribution < -0.4 is 11.1 Å². The summed E-state index contributed by atoms with van der Waals surface area (Å²) in [6, 6.07) is 4.71. The lowest BCUT2D eigenvalue weighted by molar-refractivity contribution is -0.142. The van der Waals surface area contributed by atoms with E-state index < -0.39 is 17.4 Å². The molecule has 1 amide bonds. The van der Waals surface area contributed by atoms with E-state index in [0.717, 1.165) is 25.7 Å². The molecule has 0 unspecified atom stereocenters. The SMILES string of the molecule is NC(=O)c1ccc(NC2(C(=O)O)CCCCCC2)cc1Cl. The number of nitrogens with one attached hydrogen (secondary N) is 1. The number of nitrogens with two attached hydrogens (primary N) is 1. The normalized spacial score (nSPS) is 17.8. The number of hydrogen-bond acceptors (Lipinski definition) is 3. The van der Waals surface area contributed by atoms with E-state index in [-0.39, 0.29) is 10.6 Å². The second kappa shape index (κ2) is 6.35. The van der Waals surface area contributed by atoms with E-state index in [1.54, 1.807) is 12.1 Å². The Balaban J connectivity index is 2.26. The van der Waals surface area contributed by atoms with E-state index in [9.17, 15) is 14.7 Å². The molecule has 1 aromatic carbocycles. The number of aliphatic carboxylic acids is 1. The van der Waals surface area contributed by atoms with Crippen molar-refractivity contribution in [3.8, 4) is 0 Å². The Morgan fingerprint density at radius 2 is 1.81 bits per heavy atom. The van der Waals surface area contributed by atoms with Gasteiger partial charge in [-0.05, 0) is 31.0 Å². The number of carboxylic acids is 1. The van der Waals surface area contributed by atoms with Gasteiger partial charge in [0, 0.05) is 5.69 Å². The van der Waals surface area contributed by atoms with Crippen LogP contribution in [0.4, 0.5) is 5.69 Å². The molecule has 6 heteroatoms. The molecular formula is C15H19ClN2O3. The van der Waals surface area contributed by atoms with Crippen molar-refractivity contribution in [3.63, 3.8) is 0 Å². The van der Waals surface area contributed by atoms with Gasteiger partial charge in [0.2, 0.25) is 5.91 Å². The Morgan fingerprint density at radius 3 is 2.29 bits per heavy atom. The van der Waals surface area contributed by atoms with Crippen LogP contribution in [0.5, 0.6) is 0 Å². The third kappa shape index (κ3) is 3.47. The molecule has 1 aromatic rings. The van der Waals surface area contributed by atoms with Crippen LogP contribution in [0.15, 0.2) is 18.2 Å². The summed E-state index contributed by atoms with van der Waals surface area (Å²) in [7, 11) is 0. The molecule has 1 saturated carbocycles. The van der Waals surface area contributed by atoms with Crippen LogP contribution in [0.1, 0.15) is 48.9 Å². The fourth-order valence-electron chi connectivity index (χ4n) is 2.79. The molecule has 0 radical (unpaired) electrons. The molecule has 0 aromatic heterocycles. The van der Waals surface area contributed by atoms with Gasteiger partial charge in [-0.2, -0.15) is 0 Å². The Hall–Kier alpha value is -1.75. The quantitative estimate of drug-likeness (QED) is 0.745. The van der Waals surface area contributed by atoms with Gasteiger partial charge in [-0.25, -0.2) is 4.79 Å². The summed E-state index contributed by atoms with van der Waals surface area (Å²) in [5, 5.41) is 12.9. The van der Waals surface area contributed by atoms with E-state index in [4.69, 9.17) is 17.3 Å². The van der Waals surface area contributed by atoms with Crippen molar-refractivity contribution in [2.24, 2.45) is 5.73 Å². The first-order valence-electron chi connectivity index (χ1n) is 7.05. The summed E-state index contributed by atoms with van der Waals surface area (Å²) in [5.74, 6) is -1.45. The highest BCUT2D eigenvalue weighted by Gasteiger charge is 2.38. The molecule has 114 valence electrons. The second-order valence-corrected chi connectivity index (χ2v) is 5.89. The Labute approximate surface area is 128 Å². The van der Waals surface area contributed by atoms with Gasteiger partial charge in [-0.1, -0.05) is 37.3 Å². The smallest absolute Gasteiger partial charge is 0.329 e. The molecule has 0 bridgehead atoms. The largest absolute Gasteiger partial charge is 0.480 e. The zero-order valence-electron chi connectivity index (χ0n) is 11.7. The topological polar surface area (TPSA) is 92.4 Å². The van der Waals surface area contributed by atoms with Crippen LogP contribution in [-0.4, -0.2) is 22.5 Å². The number of hydrogen-bond donors (Lipinski definition) is 3. The summed E-state index contributed by atoms with van der Waals surface area (Å²) in [4.78, 5) is 22.9. The molecule has 0 spiro atoms. The van der Waals surface area contributed by atoms with Crippen molar-refractivity contribution in [2.75, 3.05) is 5.32 Å². The van der Waals surface area contributed by atoms with Crippen LogP contribution in [0, 0.1) is 0 Å². The van der Waals surface area contributed by atoms with Crippen LogP contribution in [-0.2, 0) is 4.79 Å². The number of anilines is 1. The molecule has 1 aliphatic carbocycles. The molecule has 2 rings (SSSR count). The highest BCUT2D eigenvalue weighted by molar-refractivity contribution is 6.34. The highest BCUT2D eigenvalue weighted by atomic mass is 35.5. The molecule has 1 fully saturated rings. The molecule has 0 aliphatic heterocycles. The standard InChI is InChI=1S/C15H19ClN2O3/c16-12-9-10(5-6-11(12)13(17)19)18-15(14(20)21)7-3-1-2-4-8-15/h5-6,9,18H,1-4,7-8H2,(H2,17,19)(H,20,21). The molecule has 0 atom stereocenters. The minimum Gasteiger partial charge on any atom is -0.480 e. The van der Waals surface area contributed by atoms with Crippen molar-refractivity contribution in [1.29, 1.82) is 0 Å². The van der Waals surface area contributed by atoms with Gasteiger partial charge >= 0.3 is 5.97 Å². The highest BCUT2D eigenvalue weighted by Crippen LogP contribution is 2.32. The first kappa shape index (κ1) is 15.6. The minimum absolute atomic E-state index is 0.224. The molecule has 5 nitrogen and oxygen atoms in total. The van der Waals surface area contributed by atoms with Crippen molar-refractivity contribution in [1.82, 2.24) is 0 Å². The Kier molecular flexibility index (Phi) is 4.73. The number of carboxylic acid groups (broad SMARTS) is 1. The van der Waals surface area contributed by atoms with Crippen molar-refractivity contribution in [2.45, 2.75) is 44.1 Å². The Morgan fingerprint density at radius 1 is 1.19 bits per heavy atom. The van der Waals surface area contributed by atoms with E-state index in [1.165, 1.54) is 6.07 Å². The van der Waals surface area contributed by atoms with Gasteiger partial charge in [0.25, 0.3) is 0 Å². The molecule has 0 saturated heterocycles. The number of carbonyl (C=O) groups excluding carboxylic acids is 1. The van der Waals surface area contributed by atoms with Crippen LogP contribution in [0.2, 0.25) is 5.02 Å². The van der Waals surface area contributed by atoms with Gasteiger partial charge in [0.05, 0.1) is 10.6 Å². The second-order valence-electron chi connectivity index (χ2n) is 5.49. The molecule has 1 aliphatic rings. The number of benzene rings is 1. The van der Waals surface area contributed by atoms with E-state index in [0.29, 0.717) is 18.5 Å². The third-order valence-electron chi connectivity index (χ3n) is 3.98. The number of primary amides is 1.